The van der Waals surface area contributed by atoms with E-state index in [-0.39, 0.29) is 6.61 Å². The maximum atomic E-state index is 9.17. The van der Waals surface area contributed by atoms with Gasteiger partial charge in [0, 0.05) is 5.02 Å². The lowest BCUT2D eigenvalue weighted by Gasteiger charge is -2.08. The van der Waals surface area contributed by atoms with Gasteiger partial charge in [-0.2, -0.15) is 5.10 Å². The first-order chi connectivity index (χ1) is 7.63. The van der Waals surface area contributed by atoms with E-state index in [4.69, 9.17) is 23.8 Å². The van der Waals surface area contributed by atoms with Gasteiger partial charge in [-0.1, -0.05) is 17.7 Å². The van der Waals surface area contributed by atoms with Gasteiger partial charge in [0.05, 0.1) is 5.69 Å². The van der Waals surface area contributed by atoms with Crippen LogP contribution in [0, 0.1) is 11.7 Å². The summed E-state index contributed by atoms with van der Waals surface area (Å²) in [6, 6.07) is 5.50. The molecule has 0 fully saturated rings. The zero-order valence-corrected chi connectivity index (χ0v) is 10.1. The molecule has 0 saturated heterocycles. The zero-order chi connectivity index (χ0) is 11.7. The van der Waals surface area contributed by atoms with E-state index in [1.54, 1.807) is 10.6 Å². The molecule has 4 nitrogen and oxygen atoms in total. The molecule has 0 amide bonds. The molecule has 0 bridgehead atoms. The zero-order valence-electron chi connectivity index (χ0n) is 8.57. The molecule has 2 N–H and O–H groups in total. The number of aryl methyl sites for hydroxylation is 1. The van der Waals surface area contributed by atoms with Crippen LogP contribution in [0.4, 0.5) is 0 Å². The Bertz CT molecular complexity index is 576. The fourth-order valence-electron chi connectivity index (χ4n) is 1.51. The number of nitrogens with zero attached hydrogens (tertiary/aromatic N) is 2. The van der Waals surface area contributed by atoms with E-state index in [0.29, 0.717) is 15.6 Å². The van der Waals surface area contributed by atoms with Gasteiger partial charge in [0.15, 0.2) is 10.6 Å². The maximum absolute atomic E-state index is 9.17. The molecule has 0 atom stereocenters. The summed E-state index contributed by atoms with van der Waals surface area (Å²) in [6.07, 6.45) is 0. The molecule has 0 unspecified atom stereocenters. The van der Waals surface area contributed by atoms with Crippen molar-refractivity contribution in [3.05, 3.63) is 39.4 Å². The third kappa shape index (κ3) is 1.89. The summed E-state index contributed by atoms with van der Waals surface area (Å²) >= 11 is 11.1. The van der Waals surface area contributed by atoms with Gasteiger partial charge >= 0.3 is 0 Å². The fourth-order valence-corrected chi connectivity index (χ4v) is 1.92. The molecule has 2 rings (SSSR count). The monoisotopic (exact) mass is 255 g/mol. The summed E-state index contributed by atoms with van der Waals surface area (Å²) in [7, 11) is 0. The summed E-state index contributed by atoms with van der Waals surface area (Å²) in [5.74, 6) is 0.468. The third-order valence-electron chi connectivity index (χ3n) is 2.30. The van der Waals surface area contributed by atoms with Gasteiger partial charge in [-0.15, -0.1) is 0 Å². The molecule has 0 saturated carbocycles. The van der Waals surface area contributed by atoms with Crippen LogP contribution in [0.5, 0.6) is 0 Å². The molecule has 0 aliphatic rings. The molecule has 84 valence electrons. The Hall–Kier alpha value is -1.17. The minimum Gasteiger partial charge on any atom is -0.388 e. The highest BCUT2D eigenvalue weighted by atomic mass is 35.5. The molecular weight excluding hydrogens is 246 g/mol. The number of hydrogen-bond acceptors (Lipinski definition) is 3. The van der Waals surface area contributed by atoms with Gasteiger partial charge in [0.2, 0.25) is 0 Å². The van der Waals surface area contributed by atoms with Crippen molar-refractivity contribution in [2.75, 3.05) is 0 Å². The van der Waals surface area contributed by atoms with Crippen LogP contribution in [0.1, 0.15) is 11.4 Å². The van der Waals surface area contributed by atoms with Crippen molar-refractivity contribution >= 4 is 23.8 Å². The topological polar surface area (TPSA) is 53.8 Å². The maximum Gasteiger partial charge on any atom is 0.199 e. The number of aromatic nitrogens is 3. The number of H-pyrrole nitrogens is 1. The van der Waals surface area contributed by atoms with Crippen LogP contribution < -0.4 is 0 Å². The third-order valence-corrected chi connectivity index (χ3v) is 2.80. The number of hydrogen-bond donors (Lipinski definition) is 2. The standard InChI is InChI=1S/C10H10ClN3OS/c1-6-2-3-7(11)4-8(6)14-9(5-15)12-13-10(14)16/h2-4,15H,5H2,1H3,(H,13,16). The van der Waals surface area contributed by atoms with Crippen LogP contribution in [-0.4, -0.2) is 19.9 Å². The summed E-state index contributed by atoms with van der Waals surface area (Å²) in [5.41, 5.74) is 1.84. The smallest absolute Gasteiger partial charge is 0.199 e. The van der Waals surface area contributed by atoms with Gasteiger partial charge in [-0.3, -0.25) is 9.67 Å². The van der Waals surface area contributed by atoms with Crippen LogP contribution in [0.15, 0.2) is 18.2 Å². The van der Waals surface area contributed by atoms with E-state index in [0.717, 1.165) is 11.3 Å². The largest absolute Gasteiger partial charge is 0.388 e. The van der Waals surface area contributed by atoms with Crippen LogP contribution in [-0.2, 0) is 6.61 Å². The van der Waals surface area contributed by atoms with Crippen molar-refractivity contribution < 1.29 is 5.11 Å². The lowest BCUT2D eigenvalue weighted by atomic mass is 10.2. The van der Waals surface area contributed by atoms with Crippen molar-refractivity contribution in [2.45, 2.75) is 13.5 Å². The van der Waals surface area contributed by atoms with Crippen LogP contribution in [0.25, 0.3) is 5.69 Å². The minimum absolute atomic E-state index is 0.181. The second-order valence-electron chi connectivity index (χ2n) is 3.37. The lowest BCUT2D eigenvalue weighted by molar-refractivity contribution is 0.268. The van der Waals surface area contributed by atoms with Gasteiger partial charge < -0.3 is 5.11 Å². The Kier molecular flexibility index (Phi) is 3.09. The predicted molar refractivity (Wildman–Crippen MR) is 64.4 cm³/mol. The van der Waals surface area contributed by atoms with Crippen LogP contribution in [0.2, 0.25) is 5.02 Å². The molecule has 0 spiro atoms. The van der Waals surface area contributed by atoms with Gasteiger partial charge in [0.1, 0.15) is 6.61 Å². The SMILES string of the molecule is Cc1ccc(Cl)cc1-n1c(CO)n[nH]c1=S. The van der Waals surface area contributed by atoms with Crippen molar-refractivity contribution in [3.63, 3.8) is 0 Å². The quantitative estimate of drug-likeness (QED) is 0.811. The van der Waals surface area contributed by atoms with Crippen molar-refractivity contribution in [3.8, 4) is 5.69 Å². The summed E-state index contributed by atoms with van der Waals surface area (Å²) in [4.78, 5) is 0. The van der Waals surface area contributed by atoms with Crippen molar-refractivity contribution in [2.24, 2.45) is 0 Å². The van der Waals surface area contributed by atoms with Gasteiger partial charge in [-0.05, 0) is 36.8 Å². The summed E-state index contributed by atoms with van der Waals surface area (Å²) < 4.78 is 2.12. The number of aromatic amines is 1. The molecule has 1 aromatic heterocycles. The Morgan fingerprint density at radius 3 is 3.00 bits per heavy atom. The molecule has 0 radical (unpaired) electrons. The Labute approximate surface area is 103 Å². The summed E-state index contributed by atoms with van der Waals surface area (Å²) in [6.45, 7) is 1.76. The van der Waals surface area contributed by atoms with Gasteiger partial charge in [-0.25, -0.2) is 0 Å². The Morgan fingerprint density at radius 1 is 1.56 bits per heavy atom. The number of rotatable bonds is 2. The Morgan fingerprint density at radius 2 is 2.31 bits per heavy atom. The van der Waals surface area contributed by atoms with E-state index in [2.05, 4.69) is 10.2 Å². The average Bonchev–Trinajstić information content (AvgIpc) is 2.63. The molecule has 1 heterocycles. The number of benzene rings is 1. The van der Waals surface area contributed by atoms with Gasteiger partial charge in [0.25, 0.3) is 0 Å². The lowest BCUT2D eigenvalue weighted by Crippen LogP contribution is -2.03. The molecule has 0 aliphatic carbocycles. The summed E-state index contributed by atoms with van der Waals surface area (Å²) in [5, 5.41) is 16.4. The first-order valence-corrected chi connectivity index (χ1v) is 5.46. The van der Waals surface area contributed by atoms with E-state index >= 15 is 0 Å². The van der Waals surface area contributed by atoms with E-state index < -0.39 is 0 Å². The van der Waals surface area contributed by atoms with E-state index in [1.165, 1.54) is 0 Å². The second-order valence-corrected chi connectivity index (χ2v) is 4.19. The first-order valence-electron chi connectivity index (χ1n) is 4.67. The van der Waals surface area contributed by atoms with Crippen LogP contribution >= 0.6 is 23.8 Å². The molecule has 0 aliphatic heterocycles. The molecular formula is C10H10ClN3OS. The number of halogens is 1. The highest BCUT2D eigenvalue weighted by molar-refractivity contribution is 7.71. The Balaban J connectivity index is 2.71. The second kappa shape index (κ2) is 4.37. The number of aliphatic hydroxyl groups is 1. The van der Waals surface area contributed by atoms with E-state index in [1.807, 2.05) is 19.1 Å². The minimum atomic E-state index is -0.181. The first kappa shape index (κ1) is 11.3. The normalized spacial score (nSPS) is 10.7. The molecule has 16 heavy (non-hydrogen) atoms. The van der Waals surface area contributed by atoms with Crippen molar-refractivity contribution in [1.82, 2.24) is 14.8 Å². The molecule has 6 heteroatoms. The highest BCUT2D eigenvalue weighted by Gasteiger charge is 2.09. The van der Waals surface area contributed by atoms with E-state index in [9.17, 15) is 5.11 Å². The average molecular weight is 256 g/mol. The fraction of sp³-hybridized carbons (Fsp3) is 0.200. The molecule has 1 aromatic carbocycles. The van der Waals surface area contributed by atoms with Crippen molar-refractivity contribution in [1.29, 1.82) is 0 Å². The number of nitrogens with one attached hydrogen (secondary N) is 1. The predicted octanol–water partition coefficient (Wildman–Crippen LogP) is 2.38. The van der Waals surface area contributed by atoms with Crippen LogP contribution in [0.3, 0.4) is 0 Å². The number of aliphatic hydroxyl groups excluding tert-OH is 1. The highest BCUT2D eigenvalue weighted by Crippen LogP contribution is 2.20. The molecule has 2 aromatic rings.